The van der Waals surface area contributed by atoms with Gasteiger partial charge < -0.3 is 11.1 Å². The van der Waals surface area contributed by atoms with Gasteiger partial charge in [-0.1, -0.05) is 11.6 Å². The number of thiazole rings is 1. The van der Waals surface area contributed by atoms with Crippen molar-refractivity contribution in [3.05, 3.63) is 48.9 Å². The van der Waals surface area contributed by atoms with Crippen LogP contribution in [0.3, 0.4) is 0 Å². The number of nitrogens with one attached hydrogen (secondary N) is 1. The van der Waals surface area contributed by atoms with Crippen molar-refractivity contribution in [2.24, 2.45) is 5.73 Å². The third-order valence-electron chi connectivity index (χ3n) is 2.84. The van der Waals surface area contributed by atoms with E-state index in [1.54, 1.807) is 13.1 Å². The third-order valence-corrected chi connectivity index (χ3v) is 3.95. The maximum atomic E-state index is 11.3. The van der Waals surface area contributed by atoms with E-state index in [2.05, 4.69) is 10.3 Å². The Morgan fingerprint density at radius 1 is 1.57 bits per heavy atom. The summed E-state index contributed by atoms with van der Waals surface area (Å²) < 4.78 is 0.417. The number of nitro groups is 1. The van der Waals surface area contributed by atoms with E-state index in [-0.39, 0.29) is 11.3 Å². The highest BCUT2D eigenvalue weighted by Crippen LogP contribution is 2.28. The summed E-state index contributed by atoms with van der Waals surface area (Å²) in [6.07, 6.45) is 1.61. The molecule has 0 saturated heterocycles. The van der Waals surface area contributed by atoms with E-state index >= 15 is 0 Å². The number of nitrogens with two attached hydrogens (primary N) is 1. The summed E-state index contributed by atoms with van der Waals surface area (Å²) >= 11 is 7.04. The molecule has 1 amide bonds. The molecular formula is C12H11ClN4O3S. The van der Waals surface area contributed by atoms with Crippen LogP contribution in [0, 0.1) is 17.0 Å². The normalized spacial score (nSPS) is 10.4. The van der Waals surface area contributed by atoms with Gasteiger partial charge in [-0.05, 0) is 13.0 Å². The van der Waals surface area contributed by atoms with E-state index < -0.39 is 10.8 Å². The second-order valence-electron chi connectivity index (χ2n) is 4.22. The summed E-state index contributed by atoms with van der Waals surface area (Å²) in [5, 5.41) is 14.1. The number of anilines is 1. The Kier molecular flexibility index (Phi) is 4.39. The van der Waals surface area contributed by atoms with Gasteiger partial charge in [0, 0.05) is 34.0 Å². The third kappa shape index (κ3) is 3.47. The molecule has 9 heteroatoms. The van der Waals surface area contributed by atoms with Gasteiger partial charge >= 0.3 is 0 Å². The van der Waals surface area contributed by atoms with Gasteiger partial charge in [0.1, 0.15) is 0 Å². The highest BCUT2D eigenvalue weighted by atomic mass is 35.5. The number of carbonyl (C=O) groups excluding carboxylic acids is 1. The molecule has 1 heterocycles. The summed E-state index contributed by atoms with van der Waals surface area (Å²) in [6, 6.07) is 2.67. The topological polar surface area (TPSA) is 111 Å². The molecule has 0 radical (unpaired) electrons. The van der Waals surface area contributed by atoms with E-state index in [4.69, 9.17) is 17.3 Å². The summed E-state index contributed by atoms with van der Waals surface area (Å²) in [6.45, 7) is 2.00. The first-order valence-corrected chi connectivity index (χ1v) is 7.01. The van der Waals surface area contributed by atoms with Gasteiger partial charge in [0.2, 0.25) is 5.91 Å². The summed E-state index contributed by atoms with van der Waals surface area (Å²) in [7, 11) is 0. The fourth-order valence-electron chi connectivity index (χ4n) is 1.76. The quantitative estimate of drug-likeness (QED) is 0.648. The number of amides is 1. The van der Waals surface area contributed by atoms with Crippen LogP contribution in [0.5, 0.6) is 0 Å². The lowest BCUT2D eigenvalue weighted by Crippen LogP contribution is -2.13. The second-order valence-corrected chi connectivity index (χ2v) is 5.92. The fourth-order valence-corrected chi connectivity index (χ4v) is 2.68. The SMILES string of the molecule is Cc1c(NCc2cnc(Cl)s2)cc(C(N)=O)cc1[N+](=O)[O-]. The Balaban J connectivity index is 2.32. The van der Waals surface area contributed by atoms with Gasteiger partial charge in [-0.3, -0.25) is 14.9 Å². The number of aromatic nitrogens is 1. The van der Waals surface area contributed by atoms with Crippen LogP contribution in [-0.2, 0) is 6.54 Å². The highest BCUT2D eigenvalue weighted by Gasteiger charge is 2.18. The average molecular weight is 327 g/mol. The van der Waals surface area contributed by atoms with E-state index in [9.17, 15) is 14.9 Å². The predicted octanol–water partition coefficient (Wildman–Crippen LogP) is 2.72. The Morgan fingerprint density at radius 2 is 2.29 bits per heavy atom. The van der Waals surface area contributed by atoms with Crippen LogP contribution in [0.2, 0.25) is 4.47 Å². The van der Waals surface area contributed by atoms with E-state index in [1.807, 2.05) is 0 Å². The summed E-state index contributed by atoms with van der Waals surface area (Å²) in [5.41, 5.74) is 6.03. The number of nitrogens with zero attached hydrogens (tertiary/aromatic N) is 2. The predicted molar refractivity (Wildman–Crippen MR) is 80.8 cm³/mol. The molecule has 0 aliphatic rings. The molecule has 0 atom stereocenters. The van der Waals surface area contributed by atoms with E-state index in [0.29, 0.717) is 22.3 Å². The zero-order valence-electron chi connectivity index (χ0n) is 10.9. The molecule has 1 aromatic heterocycles. The van der Waals surface area contributed by atoms with Crippen molar-refractivity contribution >= 4 is 40.2 Å². The minimum atomic E-state index is -0.720. The molecule has 0 aliphatic heterocycles. The van der Waals surface area contributed by atoms with Gasteiger partial charge in [0.15, 0.2) is 4.47 Å². The number of carbonyl (C=O) groups is 1. The average Bonchev–Trinajstić information content (AvgIpc) is 2.82. The van der Waals surface area contributed by atoms with E-state index in [0.717, 1.165) is 4.88 Å². The van der Waals surface area contributed by atoms with Crippen LogP contribution in [0.15, 0.2) is 18.3 Å². The smallest absolute Gasteiger partial charge is 0.275 e. The van der Waals surface area contributed by atoms with Crippen molar-refractivity contribution in [1.29, 1.82) is 0 Å². The van der Waals surface area contributed by atoms with Gasteiger partial charge in [0.05, 0.1) is 11.5 Å². The van der Waals surface area contributed by atoms with Crippen molar-refractivity contribution in [2.45, 2.75) is 13.5 Å². The fraction of sp³-hybridized carbons (Fsp3) is 0.167. The Labute approximate surface area is 128 Å². The molecule has 21 heavy (non-hydrogen) atoms. The largest absolute Gasteiger partial charge is 0.380 e. The monoisotopic (exact) mass is 326 g/mol. The zero-order chi connectivity index (χ0) is 15.6. The molecule has 0 bridgehead atoms. The highest BCUT2D eigenvalue weighted by molar-refractivity contribution is 7.15. The lowest BCUT2D eigenvalue weighted by molar-refractivity contribution is -0.385. The van der Waals surface area contributed by atoms with Crippen molar-refractivity contribution < 1.29 is 9.72 Å². The van der Waals surface area contributed by atoms with Crippen LogP contribution in [-0.4, -0.2) is 15.8 Å². The lowest BCUT2D eigenvalue weighted by atomic mass is 10.1. The standard InChI is InChI=1S/C12H11ClN4O3S/c1-6-9(15-4-8-5-16-12(13)21-8)2-7(11(14)18)3-10(6)17(19)20/h2-3,5,15H,4H2,1H3,(H2,14,18). The summed E-state index contributed by atoms with van der Waals surface area (Å²) in [4.78, 5) is 26.5. The van der Waals surface area contributed by atoms with Crippen LogP contribution < -0.4 is 11.1 Å². The molecule has 7 nitrogen and oxygen atoms in total. The van der Waals surface area contributed by atoms with Crippen molar-refractivity contribution in [1.82, 2.24) is 4.98 Å². The molecule has 0 aliphatic carbocycles. The first kappa shape index (κ1) is 15.2. The Morgan fingerprint density at radius 3 is 2.81 bits per heavy atom. The number of hydrogen-bond donors (Lipinski definition) is 2. The van der Waals surface area contributed by atoms with Crippen molar-refractivity contribution in [2.75, 3.05) is 5.32 Å². The molecule has 3 N–H and O–H groups in total. The zero-order valence-corrected chi connectivity index (χ0v) is 12.5. The maximum Gasteiger partial charge on any atom is 0.275 e. The molecule has 0 saturated carbocycles. The number of rotatable bonds is 5. The van der Waals surface area contributed by atoms with Crippen molar-refractivity contribution in [3.63, 3.8) is 0 Å². The van der Waals surface area contributed by atoms with Gasteiger partial charge in [-0.15, -0.1) is 11.3 Å². The van der Waals surface area contributed by atoms with Gasteiger partial charge in [0.25, 0.3) is 5.69 Å². The molecule has 2 aromatic rings. The lowest BCUT2D eigenvalue weighted by Gasteiger charge is -2.10. The summed E-state index contributed by atoms with van der Waals surface area (Å²) in [5.74, 6) is -0.720. The molecular weight excluding hydrogens is 316 g/mol. The second kappa shape index (κ2) is 6.06. The van der Waals surface area contributed by atoms with Crippen molar-refractivity contribution in [3.8, 4) is 0 Å². The molecule has 1 aromatic carbocycles. The van der Waals surface area contributed by atoms with E-state index in [1.165, 1.54) is 23.5 Å². The van der Waals surface area contributed by atoms with Crippen LogP contribution >= 0.6 is 22.9 Å². The Bertz CT molecular complexity index is 717. The maximum absolute atomic E-state index is 11.3. The molecule has 110 valence electrons. The molecule has 0 spiro atoms. The van der Waals surface area contributed by atoms with Crippen LogP contribution in [0.1, 0.15) is 20.8 Å². The minimum Gasteiger partial charge on any atom is -0.380 e. The number of benzene rings is 1. The molecule has 0 fully saturated rings. The number of nitro benzene ring substituents is 1. The first-order valence-electron chi connectivity index (χ1n) is 5.81. The first-order chi connectivity index (χ1) is 9.88. The van der Waals surface area contributed by atoms with Gasteiger partial charge in [-0.2, -0.15) is 0 Å². The number of primary amides is 1. The number of halogens is 1. The molecule has 2 rings (SSSR count). The van der Waals surface area contributed by atoms with Crippen LogP contribution in [0.25, 0.3) is 0 Å². The molecule has 0 unspecified atom stereocenters. The minimum absolute atomic E-state index is 0.0807. The number of hydrogen-bond acceptors (Lipinski definition) is 6. The van der Waals surface area contributed by atoms with Crippen LogP contribution in [0.4, 0.5) is 11.4 Å². The Hall–Kier alpha value is -2.19. The van der Waals surface area contributed by atoms with Gasteiger partial charge in [-0.25, -0.2) is 4.98 Å².